The molecular weight excluding hydrogens is 364 g/mol. The summed E-state index contributed by atoms with van der Waals surface area (Å²) >= 11 is 0. The average molecular weight is 395 g/mol. The third kappa shape index (κ3) is 4.75. The fourth-order valence-electron chi connectivity index (χ4n) is 4.31. The fourth-order valence-corrected chi connectivity index (χ4v) is 4.31. The number of ether oxygens (including phenoxy) is 1. The molecule has 1 aromatic carbocycles. The number of fused-ring (bicyclic) bond motifs is 1. The second kappa shape index (κ2) is 9.35. The summed E-state index contributed by atoms with van der Waals surface area (Å²) in [6.45, 7) is 3.46. The molecule has 6 heteroatoms. The summed E-state index contributed by atoms with van der Waals surface area (Å²) in [6, 6.07) is 10.4. The van der Waals surface area contributed by atoms with Crippen molar-refractivity contribution in [2.45, 2.75) is 38.5 Å². The molecule has 1 saturated heterocycles. The Morgan fingerprint density at radius 2 is 1.93 bits per heavy atom. The van der Waals surface area contributed by atoms with Gasteiger partial charge in [0.25, 0.3) is 5.91 Å². The Morgan fingerprint density at radius 1 is 1.14 bits per heavy atom. The smallest absolute Gasteiger partial charge is 0.270 e. The van der Waals surface area contributed by atoms with Crippen LogP contribution < -0.4 is 10.2 Å². The minimum absolute atomic E-state index is 0.0640. The van der Waals surface area contributed by atoms with E-state index in [9.17, 15) is 4.79 Å². The van der Waals surface area contributed by atoms with Gasteiger partial charge in [0.15, 0.2) is 0 Å². The number of piperidine rings is 1. The summed E-state index contributed by atoms with van der Waals surface area (Å²) in [5.41, 5.74) is 2.86. The van der Waals surface area contributed by atoms with Crippen LogP contribution in [0, 0.1) is 5.92 Å². The van der Waals surface area contributed by atoms with Gasteiger partial charge in [-0.05, 0) is 43.6 Å². The summed E-state index contributed by atoms with van der Waals surface area (Å²) < 4.78 is 5.24. The van der Waals surface area contributed by atoms with Crippen molar-refractivity contribution in [2.75, 3.05) is 38.3 Å². The maximum absolute atomic E-state index is 12.5. The van der Waals surface area contributed by atoms with Crippen molar-refractivity contribution < 1.29 is 9.53 Å². The predicted molar refractivity (Wildman–Crippen MR) is 113 cm³/mol. The number of carbonyl (C=O) groups is 1. The zero-order valence-electron chi connectivity index (χ0n) is 17.2. The van der Waals surface area contributed by atoms with Crippen LogP contribution in [0.1, 0.15) is 46.7 Å². The summed E-state index contributed by atoms with van der Waals surface area (Å²) in [5, 5.41) is 2.94. The quantitative estimate of drug-likeness (QED) is 0.782. The molecule has 1 aromatic heterocycles. The topological polar surface area (TPSA) is 67.3 Å². The van der Waals surface area contributed by atoms with Crippen molar-refractivity contribution in [3.8, 4) is 0 Å². The van der Waals surface area contributed by atoms with E-state index in [4.69, 9.17) is 9.72 Å². The first kappa shape index (κ1) is 19.8. The van der Waals surface area contributed by atoms with Crippen molar-refractivity contribution in [2.24, 2.45) is 5.92 Å². The molecule has 0 bridgehead atoms. The van der Waals surface area contributed by atoms with Crippen molar-refractivity contribution in [3.63, 3.8) is 0 Å². The van der Waals surface area contributed by atoms with Gasteiger partial charge < -0.3 is 15.0 Å². The van der Waals surface area contributed by atoms with Crippen LogP contribution in [-0.4, -0.2) is 49.2 Å². The predicted octanol–water partition coefficient (Wildman–Crippen LogP) is 2.80. The van der Waals surface area contributed by atoms with Crippen molar-refractivity contribution in [3.05, 3.63) is 53.0 Å². The molecule has 1 fully saturated rings. The van der Waals surface area contributed by atoms with Crippen molar-refractivity contribution >= 4 is 11.7 Å². The summed E-state index contributed by atoms with van der Waals surface area (Å²) in [7, 11) is 1.77. The number of amides is 1. The lowest BCUT2D eigenvalue weighted by molar-refractivity contribution is 0.0940. The number of aromatic nitrogens is 2. The SMILES string of the molecule is COCCC1CCN(c2nc(CCc3ccccc3)nc3c2CCNC3=O)CC1. The monoisotopic (exact) mass is 394 g/mol. The van der Waals surface area contributed by atoms with Gasteiger partial charge in [-0.15, -0.1) is 0 Å². The van der Waals surface area contributed by atoms with Gasteiger partial charge in [0, 0.05) is 45.3 Å². The summed E-state index contributed by atoms with van der Waals surface area (Å²) in [5.74, 6) is 2.40. The van der Waals surface area contributed by atoms with E-state index in [1.807, 2.05) is 6.07 Å². The summed E-state index contributed by atoms with van der Waals surface area (Å²) in [4.78, 5) is 24.5. The van der Waals surface area contributed by atoms with Crippen LogP contribution >= 0.6 is 0 Å². The number of nitrogens with one attached hydrogen (secondary N) is 1. The van der Waals surface area contributed by atoms with Crippen molar-refractivity contribution in [1.82, 2.24) is 15.3 Å². The number of rotatable bonds is 7. The Balaban J connectivity index is 1.54. The van der Waals surface area contributed by atoms with Gasteiger partial charge in [-0.2, -0.15) is 0 Å². The molecule has 29 heavy (non-hydrogen) atoms. The molecule has 1 N–H and O–H groups in total. The van der Waals surface area contributed by atoms with Crippen LogP contribution in [0.5, 0.6) is 0 Å². The van der Waals surface area contributed by atoms with E-state index < -0.39 is 0 Å². The van der Waals surface area contributed by atoms with Crippen LogP contribution in [0.25, 0.3) is 0 Å². The molecule has 0 saturated carbocycles. The Labute approximate surface area is 172 Å². The molecule has 0 radical (unpaired) electrons. The van der Waals surface area contributed by atoms with Gasteiger partial charge in [-0.3, -0.25) is 4.79 Å². The number of hydrogen-bond acceptors (Lipinski definition) is 5. The first-order valence-corrected chi connectivity index (χ1v) is 10.7. The molecule has 0 atom stereocenters. The van der Waals surface area contributed by atoms with Crippen LogP contribution in [-0.2, 0) is 24.0 Å². The third-order valence-corrected chi connectivity index (χ3v) is 6.03. The summed E-state index contributed by atoms with van der Waals surface area (Å²) in [6.07, 6.45) is 5.83. The van der Waals surface area contributed by atoms with Crippen LogP contribution in [0.4, 0.5) is 5.82 Å². The molecule has 4 rings (SSSR count). The van der Waals surface area contributed by atoms with E-state index in [-0.39, 0.29) is 5.91 Å². The van der Waals surface area contributed by atoms with E-state index in [2.05, 4.69) is 39.5 Å². The Hall–Kier alpha value is -2.47. The zero-order chi connectivity index (χ0) is 20.1. The van der Waals surface area contributed by atoms with E-state index in [1.165, 1.54) is 5.56 Å². The Bertz CT molecular complexity index is 832. The molecule has 1 amide bonds. The lowest BCUT2D eigenvalue weighted by Gasteiger charge is -2.35. The van der Waals surface area contributed by atoms with E-state index in [0.717, 1.165) is 75.4 Å². The van der Waals surface area contributed by atoms with Gasteiger partial charge in [0.2, 0.25) is 0 Å². The fraction of sp³-hybridized carbons (Fsp3) is 0.522. The first-order valence-electron chi connectivity index (χ1n) is 10.7. The molecule has 0 spiro atoms. The zero-order valence-corrected chi connectivity index (χ0v) is 17.2. The van der Waals surface area contributed by atoms with E-state index >= 15 is 0 Å². The first-order chi connectivity index (χ1) is 14.2. The number of carbonyl (C=O) groups excluding carboxylic acids is 1. The minimum Gasteiger partial charge on any atom is -0.385 e. The number of hydrogen-bond donors (Lipinski definition) is 1. The highest BCUT2D eigenvalue weighted by molar-refractivity contribution is 5.96. The number of aryl methyl sites for hydroxylation is 2. The highest BCUT2D eigenvalue weighted by atomic mass is 16.5. The maximum Gasteiger partial charge on any atom is 0.270 e. The molecule has 154 valence electrons. The molecule has 0 unspecified atom stereocenters. The van der Waals surface area contributed by atoms with Gasteiger partial charge in [0.1, 0.15) is 17.3 Å². The average Bonchev–Trinajstić information content (AvgIpc) is 2.77. The lowest BCUT2D eigenvalue weighted by atomic mass is 9.93. The van der Waals surface area contributed by atoms with Crippen LogP contribution in [0.15, 0.2) is 30.3 Å². The number of methoxy groups -OCH3 is 1. The minimum atomic E-state index is -0.0640. The molecule has 3 heterocycles. The van der Waals surface area contributed by atoms with E-state index in [0.29, 0.717) is 18.2 Å². The number of anilines is 1. The molecule has 2 aliphatic rings. The van der Waals surface area contributed by atoms with Crippen LogP contribution in [0.2, 0.25) is 0 Å². The highest BCUT2D eigenvalue weighted by Crippen LogP contribution is 2.29. The second-order valence-corrected chi connectivity index (χ2v) is 7.99. The molecule has 0 aliphatic carbocycles. The van der Waals surface area contributed by atoms with Gasteiger partial charge in [0.05, 0.1) is 0 Å². The molecule has 6 nitrogen and oxygen atoms in total. The Morgan fingerprint density at radius 3 is 2.69 bits per heavy atom. The van der Waals surface area contributed by atoms with Crippen molar-refractivity contribution in [1.29, 1.82) is 0 Å². The van der Waals surface area contributed by atoms with Gasteiger partial charge >= 0.3 is 0 Å². The standard InChI is InChI=1S/C23H30N4O2/c1-29-16-12-18-10-14-27(15-11-18)22-19-9-13-24-23(28)21(19)25-20(26-22)8-7-17-5-3-2-4-6-17/h2-6,18H,7-16H2,1H3,(H,24,28). The van der Waals surface area contributed by atoms with E-state index in [1.54, 1.807) is 7.11 Å². The number of nitrogens with zero attached hydrogens (tertiary/aromatic N) is 3. The lowest BCUT2D eigenvalue weighted by Crippen LogP contribution is -2.39. The molecule has 2 aliphatic heterocycles. The Kier molecular flexibility index (Phi) is 6.39. The number of benzene rings is 1. The normalized spacial score (nSPS) is 17.1. The van der Waals surface area contributed by atoms with Gasteiger partial charge in [-0.25, -0.2) is 9.97 Å². The highest BCUT2D eigenvalue weighted by Gasteiger charge is 2.28. The largest absolute Gasteiger partial charge is 0.385 e. The molecular formula is C23H30N4O2. The third-order valence-electron chi connectivity index (χ3n) is 6.03. The van der Waals surface area contributed by atoms with Crippen LogP contribution in [0.3, 0.4) is 0 Å². The molecule has 2 aromatic rings. The maximum atomic E-state index is 12.5. The van der Waals surface area contributed by atoms with Gasteiger partial charge in [-0.1, -0.05) is 30.3 Å². The second-order valence-electron chi connectivity index (χ2n) is 7.99.